The highest BCUT2D eigenvalue weighted by molar-refractivity contribution is 6.31. The highest BCUT2D eigenvalue weighted by Gasteiger charge is 2.45. The Morgan fingerprint density at radius 2 is 1.82 bits per heavy atom. The summed E-state index contributed by atoms with van der Waals surface area (Å²) in [4.78, 5) is 18.3. The van der Waals surface area contributed by atoms with E-state index in [0.717, 1.165) is 69.4 Å². The molecule has 5 nitrogen and oxygen atoms in total. The maximum absolute atomic E-state index is 13.6. The predicted molar refractivity (Wildman–Crippen MR) is 132 cm³/mol. The Bertz CT molecular complexity index is 955. The summed E-state index contributed by atoms with van der Waals surface area (Å²) < 4.78 is 0. The molecule has 1 unspecified atom stereocenters. The Labute approximate surface area is 201 Å². The van der Waals surface area contributed by atoms with Crippen LogP contribution in [0.15, 0.2) is 48.5 Å². The minimum Gasteiger partial charge on any atom is -0.392 e. The normalized spacial score (nSPS) is 27.5. The van der Waals surface area contributed by atoms with Crippen LogP contribution in [0.3, 0.4) is 0 Å². The number of carbonyl (C=O) groups excluding carboxylic acids is 1. The molecular weight excluding hydrogens is 434 g/mol. The highest BCUT2D eigenvalue weighted by Crippen LogP contribution is 2.39. The monoisotopic (exact) mass is 467 g/mol. The number of piperidine rings is 2. The summed E-state index contributed by atoms with van der Waals surface area (Å²) in [5, 5.41) is 13.6. The number of halogens is 1. The van der Waals surface area contributed by atoms with E-state index < -0.39 is 0 Å². The second-order valence-electron chi connectivity index (χ2n) is 9.97. The van der Waals surface area contributed by atoms with Gasteiger partial charge in [-0.25, -0.2) is 0 Å². The van der Waals surface area contributed by atoms with E-state index >= 15 is 0 Å². The molecule has 176 valence electrons. The third-order valence-electron chi connectivity index (χ3n) is 7.69. The first-order valence-corrected chi connectivity index (χ1v) is 12.7. The van der Waals surface area contributed by atoms with Crippen molar-refractivity contribution in [1.29, 1.82) is 0 Å². The summed E-state index contributed by atoms with van der Waals surface area (Å²) in [5.41, 5.74) is 3.06. The number of hydrogen-bond acceptors (Lipinski definition) is 4. The molecule has 5 rings (SSSR count). The summed E-state index contributed by atoms with van der Waals surface area (Å²) in [6.45, 7) is 2.84. The van der Waals surface area contributed by atoms with Gasteiger partial charge in [0.05, 0.1) is 12.5 Å². The molecule has 0 saturated carbocycles. The van der Waals surface area contributed by atoms with Crippen molar-refractivity contribution in [3.05, 3.63) is 64.7 Å². The number of hydrogen-bond donors (Lipinski definition) is 2. The summed E-state index contributed by atoms with van der Waals surface area (Å²) in [6, 6.07) is 17.4. The molecule has 6 heteroatoms. The summed E-state index contributed by atoms with van der Waals surface area (Å²) in [7, 11) is 0. The predicted octanol–water partition coefficient (Wildman–Crippen LogP) is 4.68. The number of aliphatic hydroxyl groups excluding tert-OH is 1. The number of amides is 1. The molecule has 2 aromatic rings. The van der Waals surface area contributed by atoms with Gasteiger partial charge in [-0.3, -0.25) is 9.69 Å². The molecule has 3 aliphatic rings. The van der Waals surface area contributed by atoms with E-state index in [4.69, 9.17) is 11.6 Å². The SMILES string of the molecule is O=C([C@@H]1CCCN(Cc2ccccc2)C1)N1[C@@H]2CC[C@H]1CC(Nc1ccc(CO)c(Cl)c1)C2. The number of benzene rings is 2. The van der Waals surface area contributed by atoms with E-state index in [9.17, 15) is 9.90 Å². The molecule has 3 fully saturated rings. The number of carbonyl (C=O) groups is 1. The quantitative estimate of drug-likeness (QED) is 0.647. The van der Waals surface area contributed by atoms with Crippen LogP contribution in [0.4, 0.5) is 5.69 Å². The summed E-state index contributed by atoms with van der Waals surface area (Å²) in [5.74, 6) is 0.508. The first-order chi connectivity index (χ1) is 16.1. The maximum Gasteiger partial charge on any atom is 0.227 e. The number of aliphatic hydroxyl groups is 1. The topological polar surface area (TPSA) is 55.8 Å². The average molecular weight is 468 g/mol. The van der Waals surface area contributed by atoms with Crippen LogP contribution in [0.1, 0.15) is 49.7 Å². The van der Waals surface area contributed by atoms with Gasteiger partial charge in [0.2, 0.25) is 5.91 Å². The van der Waals surface area contributed by atoms with E-state index in [2.05, 4.69) is 45.4 Å². The minimum atomic E-state index is -0.0479. The number of anilines is 1. The summed E-state index contributed by atoms with van der Waals surface area (Å²) >= 11 is 6.27. The Morgan fingerprint density at radius 3 is 2.52 bits per heavy atom. The molecule has 1 amide bonds. The minimum absolute atomic E-state index is 0.0479. The fourth-order valence-corrected chi connectivity index (χ4v) is 6.35. The van der Waals surface area contributed by atoms with Gasteiger partial charge in [-0.1, -0.05) is 48.0 Å². The molecule has 0 radical (unpaired) electrons. The smallest absolute Gasteiger partial charge is 0.227 e. The lowest BCUT2D eigenvalue weighted by Gasteiger charge is -2.42. The van der Waals surface area contributed by atoms with Gasteiger partial charge in [0.1, 0.15) is 0 Å². The lowest BCUT2D eigenvalue weighted by atomic mass is 9.91. The Hall–Kier alpha value is -2.08. The second-order valence-corrected chi connectivity index (χ2v) is 10.4. The average Bonchev–Trinajstić information content (AvgIpc) is 3.09. The van der Waals surface area contributed by atoms with Gasteiger partial charge in [0.25, 0.3) is 0 Å². The molecule has 33 heavy (non-hydrogen) atoms. The zero-order valence-electron chi connectivity index (χ0n) is 19.1. The number of nitrogens with one attached hydrogen (secondary N) is 1. The largest absolute Gasteiger partial charge is 0.392 e. The van der Waals surface area contributed by atoms with Crippen LogP contribution >= 0.6 is 11.6 Å². The van der Waals surface area contributed by atoms with Crippen molar-refractivity contribution < 1.29 is 9.90 Å². The number of fused-ring (bicyclic) bond motifs is 2. The molecule has 2 N–H and O–H groups in total. The Balaban J connectivity index is 1.19. The van der Waals surface area contributed by atoms with Crippen LogP contribution in [0.25, 0.3) is 0 Å². The van der Waals surface area contributed by atoms with E-state index in [-0.39, 0.29) is 12.5 Å². The van der Waals surface area contributed by atoms with E-state index in [1.54, 1.807) is 0 Å². The number of likely N-dealkylation sites (tertiary alicyclic amines) is 1. The molecule has 0 aromatic heterocycles. The highest BCUT2D eigenvalue weighted by atomic mass is 35.5. The molecule has 3 heterocycles. The van der Waals surface area contributed by atoms with Gasteiger partial charge in [-0.15, -0.1) is 0 Å². The first kappa shape index (κ1) is 22.7. The third-order valence-corrected chi connectivity index (χ3v) is 8.04. The maximum atomic E-state index is 13.6. The zero-order chi connectivity index (χ0) is 22.8. The van der Waals surface area contributed by atoms with Gasteiger partial charge >= 0.3 is 0 Å². The number of nitrogens with zero attached hydrogens (tertiary/aromatic N) is 2. The number of rotatable bonds is 6. The van der Waals surface area contributed by atoms with Gasteiger partial charge in [-0.2, -0.15) is 0 Å². The molecular formula is C27H34ClN3O2. The van der Waals surface area contributed by atoms with Crippen molar-refractivity contribution in [1.82, 2.24) is 9.80 Å². The van der Waals surface area contributed by atoms with Gasteiger partial charge < -0.3 is 15.3 Å². The van der Waals surface area contributed by atoms with Crippen LogP contribution in [-0.4, -0.2) is 52.0 Å². The van der Waals surface area contributed by atoms with Crippen molar-refractivity contribution in [2.24, 2.45) is 5.92 Å². The molecule has 4 atom stereocenters. The van der Waals surface area contributed by atoms with Crippen molar-refractivity contribution >= 4 is 23.2 Å². The molecule has 0 spiro atoms. The zero-order valence-corrected chi connectivity index (χ0v) is 19.9. The van der Waals surface area contributed by atoms with Crippen LogP contribution in [0, 0.1) is 5.92 Å². The van der Waals surface area contributed by atoms with Crippen LogP contribution < -0.4 is 5.32 Å². The van der Waals surface area contributed by atoms with Crippen molar-refractivity contribution in [2.75, 3.05) is 18.4 Å². The van der Waals surface area contributed by atoms with E-state index in [1.165, 1.54) is 5.56 Å². The first-order valence-electron chi connectivity index (χ1n) is 12.3. The molecule has 3 saturated heterocycles. The van der Waals surface area contributed by atoms with Crippen molar-refractivity contribution in [2.45, 2.75) is 69.8 Å². The lowest BCUT2D eigenvalue weighted by molar-refractivity contribution is -0.142. The third kappa shape index (κ3) is 5.06. The molecule has 2 bridgehead atoms. The van der Waals surface area contributed by atoms with Crippen LogP contribution in [-0.2, 0) is 17.9 Å². The molecule has 3 aliphatic heterocycles. The van der Waals surface area contributed by atoms with Gasteiger partial charge in [0.15, 0.2) is 0 Å². The van der Waals surface area contributed by atoms with E-state index in [0.29, 0.717) is 29.1 Å². The molecule has 0 aliphatic carbocycles. The fraction of sp³-hybridized carbons (Fsp3) is 0.519. The van der Waals surface area contributed by atoms with Gasteiger partial charge in [0, 0.05) is 41.9 Å². The van der Waals surface area contributed by atoms with Crippen LogP contribution in [0.5, 0.6) is 0 Å². The Morgan fingerprint density at radius 1 is 1.06 bits per heavy atom. The van der Waals surface area contributed by atoms with Gasteiger partial charge in [-0.05, 0) is 68.3 Å². The standard InChI is InChI=1S/C27H34ClN3O2/c28-26-15-22(9-8-21(26)18-32)29-23-13-24-10-11-25(14-23)31(24)27(33)20-7-4-12-30(17-20)16-19-5-2-1-3-6-19/h1-3,5-6,8-9,15,20,23-25,29,32H,4,7,10-14,16-18H2/t20-,23?,24-,25+/m1/s1. The van der Waals surface area contributed by atoms with Crippen molar-refractivity contribution in [3.63, 3.8) is 0 Å². The molecule has 2 aromatic carbocycles. The fourth-order valence-electron chi connectivity index (χ4n) is 6.11. The second kappa shape index (κ2) is 10.0. The van der Waals surface area contributed by atoms with E-state index in [1.807, 2.05) is 18.2 Å². The lowest BCUT2D eigenvalue weighted by Crippen LogP contribution is -2.53. The van der Waals surface area contributed by atoms with Crippen molar-refractivity contribution in [3.8, 4) is 0 Å². The Kier molecular flexibility index (Phi) is 6.91. The van der Waals surface area contributed by atoms with Crippen LogP contribution in [0.2, 0.25) is 5.02 Å². The summed E-state index contributed by atoms with van der Waals surface area (Å²) in [6.07, 6.45) is 6.31.